The van der Waals surface area contributed by atoms with Crippen LogP contribution in [0.4, 0.5) is 0 Å². The maximum absolute atomic E-state index is 5.83. The summed E-state index contributed by atoms with van der Waals surface area (Å²) in [7, 11) is 0. The molecule has 1 atom stereocenters. The van der Waals surface area contributed by atoms with E-state index in [1.165, 1.54) is 16.0 Å². The van der Waals surface area contributed by atoms with Crippen LogP contribution >= 0.6 is 27.3 Å². The van der Waals surface area contributed by atoms with Crippen molar-refractivity contribution < 1.29 is 0 Å². The predicted molar refractivity (Wildman–Crippen MR) is 70.1 cm³/mol. The van der Waals surface area contributed by atoms with E-state index in [2.05, 4.69) is 39.5 Å². The van der Waals surface area contributed by atoms with Crippen LogP contribution in [0.1, 0.15) is 18.5 Å². The lowest BCUT2D eigenvalue weighted by molar-refractivity contribution is 0.823. The average Bonchev–Trinajstić information content (AvgIpc) is 2.66. The van der Waals surface area contributed by atoms with Gasteiger partial charge in [-0.15, -0.1) is 11.3 Å². The highest BCUT2D eigenvalue weighted by molar-refractivity contribution is 9.10. The molecule has 2 aromatic rings. The summed E-state index contributed by atoms with van der Waals surface area (Å²) in [4.78, 5) is 1.27. The smallest absolute Gasteiger partial charge is 0.0346 e. The standard InChI is InChI=1S/C12H12BrNS/c1-8(14)10-6-12(15-7-10)9-3-2-4-11(13)5-9/h2-8H,14H2,1H3. The van der Waals surface area contributed by atoms with E-state index in [9.17, 15) is 0 Å². The summed E-state index contributed by atoms with van der Waals surface area (Å²) in [5.41, 5.74) is 8.27. The van der Waals surface area contributed by atoms with Gasteiger partial charge in [-0.25, -0.2) is 0 Å². The van der Waals surface area contributed by atoms with Crippen molar-refractivity contribution in [1.82, 2.24) is 0 Å². The Kier molecular flexibility index (Phi) is 3.24. The molecule has 0 radical (unpaired) electrons. The fraction of sp³-hybridized carbons (Fsp3) is 0.167. The fourth-order valence-electron chi connectivity index (χ4n) is 1.38. The van der Waals surface area contributed by atoms with Gasteiger partial charge in [0.1, 0.15) is 0 Å². The second-order valence-electron chi connectivity index (χ2n) is 3.54. The maximum Gasteiger partial charge on any atom is 0.0346 e. The molecule has 78 valence electrons. The van der Waals surface area contributed by atoms with Gasteiger partial charge in [0, 0.05) is 15.4 Å². The molecule has 3 heteroatoms. The number of halogens is 1. The van der Waals surface area contributed by atoms with Crippen LogP contribution in [-0.2, 0) is 0 Å². The van der Waals surface area contributed by atoms with Gasteiger partial charge >= 0.3 is 0 Å². The quantitative estimate of drug-likeness (QED) is 0.877. The molecule has 1 heterocycles. The van der Waals surface area contributed by atoms with Crippen molar-refractivity contribution >= 4 is 27.3 Å². The summed E-state index contributed by atoms with van der Waals surface area (Å²) in [6, 6.07) is 10.6. The first-order valence-electron chi connectivity index (χ1n) is 4.77. The van der Waals surface area contributed by atoms with E-state index in [0.29, 0.717) is 0 Å². The number of nitrogens with two attached hydrogens (primary N) is 1. The van der Waals surface area contributed by atoms with Gasteiger partial charge in [-0.2, -0.15) is 0 Å². The van der Waals surface area contributed by atoms with Crippen LogP contribution in [0.15, 0.2) is 40.2 Å². The zero-order valence-electron chi connectivity index (χ0n) is 8.41. The molecule has 0 amide bonds. The maximum atomic E-state index is 5.83. The second kappa shape index (κ2) is 4.47. The molecule has 0 bridgehead atoms. The Morgan fingerprint density at radius 2 is 2.13 bits per heavy atom. The summed E-state index contributed by atoms with van der Waals surface area (Å²) >= 11 is 5.21. The molecular weight excluding hydrogens is 270 g/mol. The number of benzene rings is 1. The fourth-order valence-corrected chi connectivity index (χ4v) is 2.79. The average molecular weight is 282 g/mol. The van der Waals surface area contributed by atoms with Crippen molar-refractivity contribution in [2.24, 2.45) is 5.73 Å². The molecule has 1 nitrogen and oxygen atoms in total. The van der Waals surface area contributed by atoms with Crippen LogP contribution in [0, 0.1) is 0 Å². The van der Waals surface area contributed by atoms with Gasteiger partial charge in [0.05, 0.1) is 0 Å². The highest BCUT2D eigenvalue weighted by Gasteiger charge is 2.05. The van der Waals surface area contributed by atoms with Crippen molar-refractivity contribution in [3.05, 3.63) is 45.7 Å². The van der Waals surface area contributed by atoms with Crippen LogP contribution in [0.3, 0.4) is 0 Å². The topological polar surface area (TPSA) is 26.0 Å². The van der Waals surface area contributed by atoms with Crippen molar-refractivity contribution in [3.63, 3.8) is 0 Å². The lowest BCUT2D eigenvalue weighted by Crippen LogP contribution is -2.02. The Balaban J connectivity index is 2.37. The molecule has 0 spiro atoms. The Bertz CT molecular complexity index is 462. The van der Waals surface area contributed by atoms with Crippen molar-refractivity contribution in [2.45, 2.75) is 13.0 Å². The molecule has 2 rings (SSSR count). The highest BCUT2D eigenvalue weighted by Crippen LogP contribution is 2.30. The molecule has 0 aliphatic rings. The minimum absolute atomic E-state index is 0.113. The third-order valence-corrected chi connectivity index (χ3v) is 3.75. The van der Waals surface area contributed by atoms with Crippen LogP contribution < -0.4 is 5.73 Å². The molecule has 2 N–H and O–H groups in total. The van der Waals surface area contributed by atoms with E-state index in [0.717, 1.165) is 4.47 Å². The Morgan fingerprint density at radius 1 is 1.33 bits per heavy atom. The first-order chi connectivity index (χ1) is 7.16. The first-order valence-corrected chi connectivity index (χ1v) is 6.44. The Labute approximate surface area is 102 Å². The van der Waals surface area contributed by atoms with E-state index < -0.39 is 0 Å². The number of rotatable bonds is 2. The van der Waals surface area contributed by atoms with E-state index in [-0.39, 0.29) is 6.04 Å². The zero-order chi connectivity index (χ0) is 10.8. The summed E-state index contributed by atoms with van der Waals surface area (Å²) in [6.45, 7) is 2.01. The molecule has 1 aromatic heterocycles. The number of hydrogen-bond acceptors (Lipinski definition) is 2. The summed E-state index contributed by atoms with van der Waals surface area (Å²) in [5, 5.41) is 2.13. The van der Waals surface area contributed by atoms with Gasteiger partial charge in [-0.3, -0.25) is 0 Å². The van der Waals surface area contributed by atoms with Crippen molar-refractivity contribution in [2.75, 3.05) is 0 Å². The molecule has 1 unspecified atom stereocenters. The molecule has 0 fully saturated rings. The minimum atomic E-state index is 0.113. The lowest BCUT2D eigenvalue weighted by Gasteiger charge is -1.99. The summed E-state index contributed by atoms with van der Waals surface area (Å²) < 4.78 is 1.11. The van der Waals surface area contributed by atoms with Crippen molar-refractivity contribution in [3.8, 4) is 10.4 Å². The van der Waals surface area contributed by atoms with Crippen LogP contribution in [-0.4, -0.2) is 0 Å². The van der Waals surface area contributed by atoms with Gasteiger partial charge in [-0.05, 0) is 41.6 Å². The van der Waals surface area contributed by atoms with E-state index in [1.807, 2.05) is 19.1 Å². The van der Waals surface area contributed by atoms with Gasteiger partial charge in [0.25, 0.3) is 0 Å². The molecule has 0 saturated carbocycles. The third-order valence-electron chi connectivity index (χ3n) is 2.25. The van der Waals surface area contributed by atoms with Gasteiger partial charge in [0.15, 0.2) is 0 Å². The van der Waals surface area contributed by atoms with Crippen molar-refractivity contribution in [1.29, 1.82) is 0 Å². The predicted octanol–water partition coefficient (Wildman–Crippen LogP) is 4.20. The zero-order valence-corrected chi connectivity index (χ0v) is 10.8. The largest absolute Gasteiger partial charge is 0.324 e. The Hall–Kier alpha value is -0.640. The third kappa shape index (κ3) is 2.48. The minimum Gasteiger partial charge on any atom is -0.324 e. The first kappa shape index (κ1) is 10.9. The molecule has 0 aliphatic carbocycles. The SMILES string of the molecule is CC(N)c1csc(-c2cccc(Br)c2)c1. The van der Waals surface area contributed by atoms with Crippen LogP contribution in [0.2, 0.25) is 0 Å². The van der Waals surface area contributed by atoms with Gasteiger partial charge in [0.2, 0.25) is 0 Å². The Morgan fingerprint density at radius 3 is 2.73 bits per heavy atom. The molecule has 15 heavy (non-hydrogen) atoms. The number of hydrogen-bond donors (Lipinski definition) is 1. The van der Waals surface area contributed by atoms with E-state index >= 15 is 0 Å². The molecule has 1 aromatic carbocycles. The monoisotopic (exact) mass is 281 g/mol. The van der Waals surface area contributed by atoms with E-state index in [1.54, 1.807) is 11.3 Å². The normalized spacial score (nSPS) is 12.7. The second-order valence-corrected chi connectivity index (χ2v) is 5.37. The molecular formula is C12H12BrNS. The van der Waals surface area contributed by atoms with Crippen LogP contribution in [0.25, 0.3) is 10.4 Å². The molecule has 0 saturated heterocycles. The highest BCUT2D eigenvalue weighted by atomic mass is 79.9. The molecule has 0 aliphatic heterocycles. The lowest BCUT2D eigenvalue weighted by atomic mass is 10.1. The van der Waals surface area contributed by atoms with Crippen LogP contribution in [0.5, 0.6) is 0 Å². The van der Waals surface area contributed by atoms with Gasteiger partial charge < -0.3 is 5.73 Å². The van der Waals surface area contributed by atoms with Gasteiger partial charge in [-0.1, -0.05) is 28.1 Å². The summed E-state index contributed by atoms with van der Waals surface area (Å²) in [6.07, 6.45) is 0. The number of thiophene rings is 1. The summed E-state index contributed by atoms with van der Waals surface area (Å²) in [5.74, 6) is 0. The van der Waals surface area contributed by atoms with E-state index in [4.69, 9.17) is 5.73 Å².